The van der Waals surface area contributed by atoms with E-state index in [9.17, 15) is 33.9 Å². The number of rotatable bonds is 13. The topological polar surface area (TPSA) is 222 Å². The second-order valence-electron chi connectivity index (χ2n) is 8.17. The van der Waals surface area contributed by atoms with Gasteiger partial charge in [-0.25, -0.2) is 4.79 Å². The molecule has 8 N–H and O–H groups in total. The Morgan fingerprint density at radius 2 is 1.76 bits per heavy atom. The number of nitrogens with two attached hydrogens (primary N) is 2. The quantitative estimate of drug-likeness (QED) is 0.177. The number of likely N-dealkylation sites (tertiary alicyclic amines) is 1. The molecule has 13 heteroatoms. The fourth-order valence-electron chi connectivity index (χ4n) is 3.54. The van der Waals surface area contributed by atoms with Gasteiger partial charge in [0, 0.05) is 13.0 Å². The first-order valence-corrected chi connectivity index (χ1v) is 10.8. The summed E-state index contributed by atoms with van der Waals surface area (Å²) in [6.45, 7) is 3.66. The summed E-state index contributed by atoms with van der Waals surface area (Å²) < 4.78 is 0. The molecule has 5 atom stereocenters. The van der Waals surface area contributed by atoms with Gasteiger partial charge in [-0.3, -0.25) is 24.0 Å². The molecule has 13 nitrogen and oxygen atoms in total. The van der Waals surface area contributed by atoms with Crippen molar-refractivity contribution in [3.63, 3.8) is 0 Å². The smallest absolute Gasteiger partial charge is 0.326 e. The lowest BCUT2D eigenvalue weighted by Crippen LogP contribution is -2.57. The van der Waals surface area contributed by atoms with E-state index in [1.807, 2.05) is 0 Å². The molecule has 1 saturated heterocycles. The first-order chi connectivity index (χ1) is 15.4. The van der Waals surface area contributed by atoms with E-state index in [0.29, 0.717) is 19.3 Å². The number of carboxylic acids is 2. The minimum Gasteiger partial charge on any atom is -0.481 e. The molecule has 0 aromatic carbocycles. The second-order valence-corrected chi connectivity index (χ2v) is 8.17. The van der Waals surface area contributed by atoms with Gasteiger partial charge < -0.3 is 37.2 Å². The number of aliphatic carboxylic acids is 2. The van der Waals surface area contributed by atoms with Crippen LogP contribution in [0.2, 0.25) is 0 Å². The highest BCUT2D eigenvalue weighted by atomic mass is 16.4. The number of amides is 4. The Bertz CT molecular complexity index is 774. The molecule has 0 aliphatic carbocycles. The fraction of sp³-hybridized carbons (Fsp3) is 0.700. The zero-order valence-corrected chi connectivity index (χ0v) is 18.8. The van der Waals surface area contributed by atoms with Crippen molar-refractivity contribution < 1.29 is 39.0 Å². The van der Waals surface area contributed by atoms with Gasteiger partial charge in [0.15, 0.2) is 0 Å². The number of carbonyl (C=O) groups is 6. The van der Waals surface area contributed by atoms with Gasteiger partial charge in [-0.05, 0) is 25.2 Å². The third-order valence-corrected chi connectivity index (χ3v) is 5.64. The summed E-state index contributed by atoms with van der Waals surface area (Å²) in [6, 6.07) is -4.76. The number of primary amides is 1. The van der Waals surface area contributed by atoms with Crippen molar-refractivity contribution in [2.45, 2.75) is 76.5 Å². The van der Waals surface area contributed by atoms with Gasteiger partial charge in [-0.2, -0.15) is 0 Å². The summed E-state index contributed by atoms with van der Waals surface area (Å²) in [5.41, 5.74) is 10.7. The van der Waals surface area contributed by atoms with Gasteiger partial charge in [0.2, 0.25) is 23.6 Å². The zero-order valence-electron chi connectivity index (χ0n) is 18.8. The minimum atomic E-state index is -1.42. The summed E-state index contributed by atoms with van der Waals surface area (Å²) in [7, 11) is 0. The number of hydrogen-bond acceptors (Lipinski definition) is 7. The minimum absolute atomic E-state index is 0.171. The molecule has 33 heavy (non-hydrogen) atoms. The summed E-state index contributed by atoms with van der Waals surface area (Å²) in [5, 5.41) is 23.1. The van der Waals surface area contributed by atoms with Crippen molar-refractivity contribution >= 4 is 35.6 Å². The largest absolute Gasteiger partial charge is 0.481 e. The predicted molar refractivity (Wildman–Crippen MR) is 114 cm³/mol. The molecule has 1 heterocycles. The molecule has 0 bridgehead atoms. The van der Waals surface area contributed by atoms with Crippen LogP contribution in [0.4, 0.5) is 0 Å². The monoisotopic (exact) mass is 471 g/mol. The van der Waals surface area contributed by atoms with Crippen LogP contribution in [0.25, 0.3) is 0 Å². The average Bonchev–Trinajstić information content (AvgIpc) is 3.22. The van der Waals surface area contributed by atoms with Gasteiger partial charge in [-0.15, -0.1) is 0 Å². The van der Waals surface area contributed by atoms with Crippen LogP contribution < -0.4 is 22.1 Å². The second kappa shape index (κ2) is 12.7. The van der Waals surface area contributed by atoms with Crippen LogP contribution in [0.3, 0.4) is 0 Å². The van der Waals surface area contributed by atoms with Crippen molar-refractivity contribution in [1.29, 1.82) is 0 Å². The van der Waals surface area contributed by atoms with E-state index in [2.05, 4.69) is 10.6 Å². The Kier molecular flexibility index (Phi) is 10.7. The molecule has 1 aliphatic heterocycles. The molecular weight excluding hydrogens is 438 g/mol. The molecule has 0 aromatic heterocycles. The average molecular weight is 472 g/mol. The van der Waals surface area contributed by atoms with Crippen LogP contribution in [-0.4, -0.2) is 81.4 Å². The fourth-order valence-corrected chi connectivity index (χ4v) is 3.54. The molecule has 1 rings (SSSR count). The lowest BCUT2D eigenvalue weighted by atomic mass is 9.98. The summed E-state index contributed by atoms with van der Waals surface area (Å²) in [4.78, 5) is 73.0. The number of nitrogens with one attached hydrogen (secondary N) is 2. The van der Waals surface area contributed by atoms with Crippen molar-refractivity contribution in [1.82, 2.24) is 15.5 Å². The molecule has 186 valence electrons. The lowest BCUT2D eigenvalue weighted by Gasteiger charge is -2.30. The number of carbonyl (C=O) groups excluding carboxylic acids is 4. The van der Waals surface area contributed by atoms with Crippen molar-refractivity contribution in [2.75, 3.05) is 6.54 Å². The Hall–Kier alpha value is -3.22. The number of carboxylic acid groups (broad SMARTS) is 2. The maximum atomic E-state index is 13.2. The maximum absolute atomic E-state index is 13.2. The predicted octanol–water partition coefficient (Wildman–Crippen LogP) is -1.85. The molecule has 0 spiro atoms. The maximum Gasteiger partial charge on any atom is 0.326 e. The molecule has 0 saturated carbocycles. The van der Waals surface area contributed by atoms with E-state index in [-0.39, 0.29) is 25.3 Å². The number of nitrogens with zero attached hydrogens (tertiary/aromatic N) is 1. The molecular formula is C20H33N5O8. The van der Waals surface area contributed by atoms with E-state index in [1.165, 1.54) is 4.90 Å². The Labute approximate surface area is 191 Å². The van der Waals surface area contributed by atoms with Crippen molar-refractivity contribution in [3.8, 4) is 0 Å². The summed E-state index contributed by atoms with van der Waals surface area (Å²) in [5.74, 6) is -5.74. The highest BCUT2D eigenvalue weighted by Gasteiger charge is 2.39. The summed E-state index contributed by atoms with van der Waals surface area (Å²) >= 11 is 0. The van der Waals surface area contributed by atoms with Crippen LogP contribution in [0.5, 0.6) is 0 Å². The Balaban J connectivity index is 3.00. The van der Waals surface area contributed by atoms with Crippen LogP contribution in [0.1, 0.15) is 52.4 Å². The van der Waals surface area contributed by atoms with Gasteiger partial charge in [0.05, 0.1) is 12.5 Å². The Morgan fingerprint density at radius 1 is 1.12 bits per heavy atom. The van der Waals surface area contributed by atoms with Crippen molar-refractivity contribution in [3.05, 3.63) is 0 Å². The van der Waals surface area contributed by atoms with Gasteiger partial charge in [0.1, 0.15) is 18.1 Å². The van der Waals surface area contributed by atoms with E-state index in [0.717, 1.165) is 0 Å². The zero-order chi connectivity index (χ0) is 25.3. The summed E-state index contributed by atoms with van der Waals surface area (Å²) in [6.07, 6.45) is 0.199. The molecule has 0 aromatic rings. The van der Waals surface area contributed by atoms with Crippen LogP contribution in [-0.2, 0) is 28.8 Å². The SMILES string of the molecule is CCC(C)C(NC(=O)C1CCCN1C(=O)C(CCC(N)=O)NC(=O)C(N)CC(=O)O)C(=O)O. The highest BCUT2D eigenvalue weighted by Crippen LogP contribution is 2.21. The normalized spacial score (nSPS) is 19.1. The molecule has 1 fully saturated rings. The van der Waals surface area contributed by atoms with Crippen LogP contribution in [0, 0.1) is 5.92 Å². The van der Waals surface area contributed by atoms with Gasteiger partial charge >= 0.3 is 11.9 Å². The number of hydrogen-bond donors (Lipinski definition) is 6. The molecule has 5 unspecified atom stereocenters. The molecule has 4 amide bonds. The standard InChI is InChI=1S/C20H33N5O8/c1-3-10(2)16(20(32)33)24-18(30)13-5-4-8-25(13)19(31)12(6-7-14(22)26)23-17(29)11(21)9-15(27)28/h10-13,16H,3-9,21H2,1-2H3,(H2,22,26)(H,23,29)(H,24,30)(H,27,28)(H,32,33). The first kappa shape index (κ1) is 27.8. The van der Waals surface area contributed by atoms with E-state index < -0.39 is 66.2 Å². The molecule has 0 radical (unpaired) electrons. The van der Waals surface area contributed by atoms with Crippen molar-refractivity contribution in [2.24, 2.45) is 17.4 Å². The van der Waals surface area contributed by atoms with E-state index >= 15 is 0 Å². The third kappa shape index (κ3) is 8.33. The van der Waals surface area contributed by atoms with Gasteiger partial charge in [-0.1, -0.05) is 20.3 Å². The molecule has 1 aliphatic rings. The lowest BCUT2D eigenvalue weighted by molar-refractivity contribution is -0.146. The van der Waals surface area contributed by atoms with E-state index in [4.69, 9.17) is 16.6 Å². The van der Waals surface area contributed by atoms with E-state index in [1.54, 1.807) is 13.8 Å². The Morgan fingerprint density at radius 3 is 2.27 bits per heavy atom. The first-order valence-electron chi connectivity index (χ1n) is 10.8. The van der Waals surface area contributed by atoms with Crippen LogP contribution >= 0.6 is 0 Å². The highest BCUT2D eigenvalue weighted by molar-refractivity contribution is 5.95. The van der Waals surface area contributed by atoms with Crippen LogP contribution in [0.15, 0.2) is 0 Å². The van der Waals surface area contributed by atoms with Gasteiger partial charge in [0.25, 0.3) is 0 Å². The third-order valence-electron chi connectivity index (χ3n) is 5.64.